The van der Waals surface area contributed by atoms with Crippen LogP contribution in [0.25, 0.3) is 0 Å². The summed E-state index contributed by atoms with van der Waals surface area (Å²) in [5.74, 6) is 0.385. The molecule has 5 nitrogen and oxygen atoms in total. The first kappa shape index (κ1) is 15.6. The van der Waals surface area contributed by atoms with E-state index in [0.717, 1.165) is 10.0 Å². The number of benzene rings is 1. The Morgan fingerprint density at radius 3 is 2.90 bits per heavy atom. The van der Waals surface area contributed by atoms with E-state index in [9.17, 15) is 4.79 Å². The molecular weight excluding hydrogens is 334 g/mol. The zero-order chi connectivity index (χ0) is 15.4. The highest BCUT2D eigenvalue weighted by atomic mass is 79.9. The van der Waals surface area contributed by atoms with E-state index in [4.69, 9.17) is 4.74 Å². The highest BCUT2D eigenvalue weighted by molar-refractivity contribution is 9.10. The molecule has 0 aliphatic heterocycles. The Kier molecular flexibility index (Phi) is 5.01. The lowest BCUT2D eigenvalue weighted by Crippen LogP contribution is -2.24. The molecule has 2 aromatic rings. The molecule has 1 heterocycles. The van der Waals surface area contributed by atoms with Gasteiger partial charge in [0.1, 0.15) is 5.75 Å². The summed E-state index contributed by atoms with van der Waals surface area (Å²) < 4.78 is 7.90. The molecule has 1 N–H and O–H groups in total. The molecule has 0 saturated heterocycles. The molecule has 2 rings (SSSR count). The van der Waals surface area contributed by atoms with Crippen molar-refractivity contribution in [2.24, 2.45) is 5.92 Å². The van der Waals surface area contributed by atoms with Crippen LogP contribution in [0.3, 0.4) is 0 Å². The maximum Gasteiger partial charge on any atom is 0.229 e. The second kappa shape index (κ2) is 6.76. The van der Waals surface area contributed by atoms with Gasteiger partial charge in [-0.15, -0.1) is 0 Å². The molecule has 0 bridgehead atoms. The maximum absolute atomic E-state index is 12.3. The third-order valence-electron chi connectivity index (χ3n) is 3.12. The van der Waals surface area contributed by atoms with Gasteiger partial charge in [-0.3, -0.25) is 9.48 Å². The van der Waals surface area contributed by atoms with Crippen LogP contribution in [0.15, 0.2) is 35.1 Å². The molecule has 6 heteroatoms. The van der Waals surface area contributed by atoms with Crippen LogP contribution in [-0.4, -0.2) is 22.8 Å². The highest BCUT2D eigenvalue weighted by Crippen LogP contribution is 2.25. The van der Waals surface area contributed by atoms with E-state index in [1.54, 1.807) is 18.0 Å². The lowest BCUT2D eigenvalue weighted by atomic mass is 10.1. The van der Waals surface area contributed by atoms with Crippen LogP contribution < -0.4 is 10.1 Å². The summed E-state index contributed by atoms with van der Waals surface area (Å²) in [6.45, 7) is 4.36. The summed E-state index contributed by atoms with van der Waals surface area (Å²) in [6, 6.07) is 5.69. The molecule has 0 aliphatic rings. The molecule has 112 valence electrons. The van der Waals surface area contributed by atoms with Crippen molar-refractivity contribution in [3.05, 3.63) is 40.6 Å². The molecule has 0 fully saturated rings. The van der Waals surface area contributed by atoms with E-state index in [1.807, 2.05) is 38.2 Å². The Labute approximate surface area is 132 Å². The van der Waals surface area contributed by atoms with Gasteiger partial charge in [-0.25, -0.2) is 0 Å². The molecule has 1 atom stereocenters. The molecular formula is C15H18BrN3O2. The minimum atomic E-state index is -0.206. The predicted octanol–water partition coefficient (Wildman–Crippen LogP) is 3.24. The monoisotopic (exact) mass is 351 g/mol. The van der Waals surface area contributed by atoms with Gasteiger partial charge in [-0.2, -0.15) is 5.10 Å². The molecule has 0 saturated carbocycles. The zero-order valence-corrected chi connectivity index (χ0v) is 13.8. The van der Waals surface area contributed by atoms with Crippen LogP contribution in [-0.2, 0) is 11.3 Å². The first-order valence-electron chi connectivity index (χ1n) is 6.63. The number of nitrogens with one attached hydrogen (secondary N) is 1. The molecule has 21 heavy (non-hydrogen) atoms. The average Bonchev–Trinajstić information content (AvgIpc) is 2.84. The maximum atomic E-state index is 12.3. The summed E-state index contributed by atoms with van der Waals surface area (Å²) in [7, 11) is 1.59. The van der Waals surface area contributed by atoms with Gasteiger partial charge in [0.15, 0.2) is 0 Å². The summed E-state index contributed by atoms with van der Waals surface area (Å²) in [4.78, 5) is 12.3. The number of aryl methyl sites for hydroxylation is 1. The first-order chi connectivity index (χ1) is 9.99. The number of amides is 1. The van der Waals surface area contributed by atoms with Crippen LogP contribution >= 0.6 is 15.9 Å². The molecule has 0 spiro atoms. The molecule has 1 aromatic carbocycles. The molecule has 0 aliphatic carbocycles. The van der Waals surface area contributed by atoms with E-state index in [1.165, 1.54) is 0 Å². The Balaban J connectivity index is 2.05. The number of ether oxygens (including phenoxy) is 1. The number of aromatic nitrogens is 2. The van der Waals surface area contributed by atoms with Crippen molar-refractivity contribution in [3.8, 4) is 5.75 Å². The second-order valence-electron chi connectivity index (χ2n) is 4.97. The van der Waals surface area contributed by atoms with Crippen molar-refractivity contribution in [2.75, 3.05) is 12.4 Å². The third kappa shape index (κ3) is 4.07. The fourth-order valence-corrected chi connectivity index (χ4v) is 2.31. The van der Waals surface area contributed by atoms with Gasteiger partial charge in [0, 0.05) is 6.20 Å². The molecule has 1 aromatic heterocycles. The smallest absolute Gasteiger partial charge is 0.229 e. The van der Waals surface area contributed by atoms with Gasteiger partial charge in [0.05, 0.1) is 35.9 Å². The first-order valence-corrected chi connectivity index (χ1v) is 7.42. The second-order valence-corrected chi connectivity index (χ2v) is 5.89. The van der Waals surface area contributed by atoms with Crippen LogP contribution in [0.1, 0.15) is 12.5 Å². The van der Waals surface area contributed by atoms with Gasteiger partial charge < -0.3 is 10.1 Å². The Morgan fingerprint density at radius 2 is 2.29 bits per heavy atom. The van der Waals surface area contributed by atoms with Crippen molar-refractivity contribution >= 4 is 27.5 Å². The van der Waals surface area contributed by atoms with Crippen molar-refractivity contribution in [3.63, 3.8) is 0 Å². The van der Waals surface area contributed by atoms with Gasteiger partial charge >= 0.3 is 0 Å². The number of hydrogen-bond acceptors (Lipinski definition) is 3. The van der Waals surface area contributed by atoms with Gasteiger partial charge in [-0.05, 0) is 40.5 Å². The largest absolute Gasteiger partial charge is 0.495 e. The average molecular weight is 352 g/mol. The quantitative estimate of drug-likeness (QED) is 0.899. The van der Waals surface area contributed by atoms with Crippen LogP contribution in [0, 0.1) is 12.8 Å². The Hall–Kier alpha value is -1.82. The zero-order valence-electron chi connectivity index (χ0n) is 12.3. The lowest BCUT2D eigenvalue weighted by molar-refractivity contribution is -0.119. The van der Waals surface area contributed by atoms with Crippen LogP contribution in [0.2, 0.25) is 0 Å². The number of rotatable bonds is 5. The Bertz CT molecular complexity index is 640. The van der Waals surface area contributed by atoms with Gasteiger partial charge in [0.25, 0.3) is 0 Å². The molecule has 0 radical (unpaired) electrons. The number of methoxy groups -OCH3 is 1. The van der Waals surface area contributed by atoms with E-state index in [-0.39, 0.29) is 11.8 Å². The van der Waals surface area contributed by atoms with Gasteiger partial charge in [-0.1, -0.05) is 13.0 Å². The summed E-state index contributed by atoms with van der Waals surface area (Å²) in [6.07, 6.45) is 3.55. The number of carbonyl (C=O) groups is 1. The van der Waals surface area contributed by atoms with Crippen molar-refractivity contribution in [1.82, 2.24) is 9.78 Å². The van der Waals surface area contributed by atoms with E-state index in [0.29, 0.717) is 18.0 Å². The van der Waals surface area contributed by atoms with Gasteiger partial charge in [0.2, 0.25) is 5.91 Å². The standard InChI is InChI=1S/C15H18BrN3O2/c1-10-4-5-14(21-3)13(6-10)18-15(20)11(2)8-19-9-12(16)7-17-19/h4-7,9,11H,8H2,1-3H3,(H,18,20)/t11-/m1/s1. The van der Waals surface area contributed by atoms with Crippen molar-refractivity contribution < 1.29 is 9.53 Å². The third-order valence-corrected chi connectivity index (χ3v) is 3.53. The summed E-state index contributed by atoms with van der Waals surface area (Å²) in [5, 5.41) is 7.07. The highest BCUT2D eigenvalue weighted by Gasteiger charge is 2.16. The number of nitrogens with zero attached hydrogens (tertiary/aromatic N) is 2. The fraction of sp³-hybridized carbons (Fsp3) is 0.333. The predicted molar refractivity (Wildman–Crippen MR) is 85.5 cm³/mol. The van der Waals surface area contributed by atoms with E-state index in [2.05, 4.69) is 26.3 Å². The Morgan fingerprint density at radius 1 is 1.52 bits per heavy atom. The minimum Gasteiger partial charge on any atom is -0.495 e. The normalized spacial score (nSPS) is 12.0. The van der Waals surface area contributed by atoms with E-state index < -0.39 is 0 Å². The number of hydrogen-bond donors (Lipinski definition) is 1. The lowest BCUT2D eigenvalue weighted by Gasteiger charge is -2.15. The number of halogens is 1. The topological polar surface area (TPSA) is 56.1 Å². The number of carbonyl (C=O) groups excluding carboxylic acids is 1. The fourth-order valence-electron chi connectivity index (χ4n) is 1.98. The number of anilines is 1. The molecule has 0 unspecified atom stereocenters. The SMILES string of the molecule is COc1ccc(C)cc1NC(=O)[C@H](C)Cn1cc(Br)cn1. The van der Waals surface area contributed by atoms with Crippen molar-refractivity contribution in [1.29, 1.82) is 0 Å². The van der Waals surface area contributed by atoms with Crippen LogP contribution in [0.4, 0.5) is 5.69 Å². The minimum absolute atomic E-state index is 0.0643. The summed E-state index contributed by atoms with van der Waals surface area (Å²) in [5.41, 5.74) is 1.76. The van der Waals surface area contributed by atoms with Crippen LogP contribution in [0.5, 0.6) is 5.75 Å². The summed E-state index contributed by atoms with van der Waals surface area (Å²) >= 11 is 3.34. The van der Waals surface area contributed by atoms with E-state index >= 15 is 0 Å². The van der Waals surface area contributed by atoms with Crippen molar-refractivity contribution in [2.45, 2.75) is 20.4 Å². The molecule has 1 amide bonds.